The van der Waals surface area contributed by atoms with Crippen LogP contribution in [-0.4, -0.2) is 18.9 Å². The molecular weight excluding hydrogens is 156 g/mol. The number of Topliss-reactive ketones (excluding diaryl/α,β-unsaturated/α-hetero) is 1. The Morgan fingerprint density at radius 2 is 2.17 bits per heavy atom. The SMILES string of the molecule is COC(=O)C(=O)C1CC=CCC1. The van der Waals surface area contributed by atoms with Gasteiger partial charge in [-0.25, -0.2) is 4.79 Å². The van der Waals surface area contributed by atoms with Gasteiger partial charge >= 0.3 is 5.97 Å². The second kappa shape index (κ2) is 4.04. The van der Waals surface area contributed by atoms with Crippen LogP contribution in [0.4, 0.5) is 0 Å². The van der Waals surface area contributed by atoms with Crippen molar-refractivity contribution in [3.8, 4) is 0 Å². The number of esters is 1. The lowest BCUT2D eigenvalue weighted by atomic mass is 9.91. The van der Waals surface area contributed by atoms with Crippen molar-refractivity contribution in [1.82, 2.24) is 0 Å². The molecule has 1 atom stereocenters. The number of methoxy groups -OCH3 is 1. The van der Waals surface area contributed by atoms with Gasteiger partial charge in [0, 0.05) is 5.92 Å². The third-order valence-corrected chi connectivity index (χ3v) is 2.03. The van der Waals surface area contributed by atoms with Crippen molar-refractivity contribution >= 4 is 11.8 Å². The van der Waals surface area contributed by atoms with Crippen molar-refractivity contribution in [3.63, 3.8) is 0 Å². The molecule has 0 saturated heterocycles. The monoisotopic (exact) mass is 168 g/mol. The van der Waals surface area contributed by atoms with Crippen molar-refractivity contribution in [1.29, 1.82) is 0 Å². The van der Waals surface area contributed by atoms with Gasteiger partial charge in [-0.3, -0.25) is 4.79 Å². The molecule has 12 heavy (non-hydrogen) atoms. The number of allylic oxidation sites excluding steroid dienone is 2. The molecule has 0 aliphatic heterocycles. The second-order valence-electron chi connectivity index (χ2n) is 2.84. The Bertz CT molecular complexity index is 218. The molecule has 0 saturated carbocycles. The summed E-state index contributed by atoms with van der Waals surface area (Å²) < 4.78 is 4.35. The minimum Gasteiger partial charge on any atom is -0.463 e. The third-order valence-electron chi connectivity index (χ3n) is 2.03. The minimum absolute atomic E-state index is 0.151. The lowest BCUT2D eigenvalue weighted by Crippen LogP contribution is -2.25. The molecule has 0 amide bonds. The highest BCUT2D eigenvalue weighted by Crippen LogP contribution is 2.19. The summed E-state index contributed by atoms with van der Waals surface area (Å²) in [7, 11) is 1.24. The van der Waals surface area contributed by atoms with Crippen molar-refractivity contribution in [2.24, 2.45) is 5.92 Å². The quantitative estimate of drug-likeness (QED) is 0.352. The summed E-state index contributed by atoms with van der Waals surface area (Å²) in [6.45, 7) is 0. The van der Waals surface area contributed by atoms with Crippen LogP contribution in [0.15, 0.2) is 12.2 Å². The van der Waals surface area contributed by atoms with Crippen molar-refractivity contribution in [2.75, 3.05) is 7.11 Å². The van der Waals surface area contributed by atoms with Crippen LogP contribution in [0.5, 0.6) is 0 Å². The van der Waals surface area contributed by atoms with E-state index in [0.29, 0.717) is 6.42 Å². The first kappa shape index (κ1) is 8.97. The molecule has 1 aliphatic carbocycles. The zero-order chi connectivity index (χ0) is 8.97. The Labute approximate surface area is 71.4 Å². The Kier molecular flexibility index (Phi) is 3.02. The molecule has 0 aromatic heterocycles. The normalized spacial score (nSPS) is 21.9. The van der Waals surface area contributed by atoms with E-state index in [9.17, 15) is 9.59 Å². The molecule has 0 radical (unpaired) electrons. The van der Waals surface area contributed by atoms with Gasteiger partial charge in [-0.05, 0) is 19.3 Å². The molecule has 0 spiro atoms. The van der Waals surface area contributed by atoms with Crippen LogP contribution in [0.3, 0.4) is 0 Å². The van der Waals surface area contributed by atoms with E-state index in [0.717, 1.165) is 12.8 Å². The van der Waals surface area contributed by atoms with E-state index in [-0.39, 0.29) is 11.7 Å². The number of ether oxygens (including phenoxy) is 1. The van der Waals surface area contributed by atoms with Gasteiger partial charge in [0.15, 0.2) is 0 Å². The zero-order valence-electron chi connectivity index (χ0n) is 7.08. The maximum atomic E-state index is 11.2. The number of rotatable bonds is 2. The lowest BCUT2D eigenvalue weighted by Gasteiger charge is -2.14. The molecule has 3 heteroatoms. The van der Waals surface area contributed by atoms with Crippen molar-refractivity contribution in [3.05, 3.63) is 12.2 Å². The minimum atomic E-state index is -0.713. The van der Waals surface area contributed by atoms with Crippen LogP contribution >= 0.6 is 0 Å². The topological polar surface area (TPSA) is 43.4 Å². The molecule has 0 aromatic rings. The van der Waals surface area contributed by atoms with Crippen molar-refractivity contribution in [2.45, 2.75) is 19.3 Å². The molecule has 0 fully saturated rings. The van der Waals surface area contributed by atoms with E-state index in [2.05, 4.69) is 4.74 Å². The van der Waals surface area contributed by atoms with E-state index in [1.54, 1.807) is 0 Å². The van der Waals surface area contributed by atoms with Crippen LogP contribution in [0.1, 0.15) is 19.3 Å². The maximum absolute atomic E-state index is 11.2. The fourth-order valence-corrected chi connectivity index (χ4v) is 1.30. The molecule has 1 unspecified atom stereocenters. The highest BCUT2D eigenvalue weighted by Gasteiger charge is 2.25. The van der Waals surface area contributed by atoms with Gasteiger partial charge < -0.3 is 4.74 Å². The molecule has 3 nitrogen and oxygen atoms in total. The van der Waals surface area contributed by atoms with Crippen molar-refractivity contribution < 1.29 is 14.3 Å². The first-order valence-electron chi connectivity index (χ1n) is 4.03. The van der Waals surface area contributed by atoms with Crippen LogP contribution < -0.4 is 0 Å². The Morgan fingerprint density at radius 1 is 1.42 bits per heavy atom. The molecule has 0 bridgehead atoms. The van der Waals surface area contributed by atoms with E-state index in [4.69, 9.17) is 0 Å². The standard InChI is InChI=1S/C9H12O3/c1-12-9(11)8(10)7-5-3-2-4-6-7/h2-3,7H,4-6H2,1H3. The summed E-state index contributed by atoms with van der Waals surface area (Å²) >= 11 is 0. The summed E-state index contributed by atoms with van der Waals surface area (Å²) in [4.78, 5) is 22.0. The van der Waals surface area contributed by atoms with Gasteiger partial charge in [-0.1, -0.05) is 12.2 Å². The predicted octanol–water partition coefficient (Wildman–Crippen LogP) is 1.08. The van der Waals surface area contributed by atoms with Crippen LogP contribution in [0, 0.1) is 5.92 Å². The van der Waals surface area contributed by atoms with Gasteiger partial charge in [0.05, 0.1) is 7.11 Å². The predicted molar refractivity (Wildman–Crippen MR) is 43.5 cm³/mol. The van der Waals surface area contributed by atoms with Gasteiger partial charge in [-0.15, -0.1) is 0 Å². The molecule has 1 rings (SSSR count). The molecule has 0 N–H and O–H groups in total. The second-order valence-corrected chi connectivity index (χ2v) is 2.84. The highest BCUT2D eigenvalue weighted by molar-refractivity contribution is 6.34. The fourth-order valence-electron chi connectivity index (χ4n) is 1.30. The average molecular weight is 168 g/mol. The zero-order valence-corrected chi connectivity index (χ0v) is 7.08. The van der Waals surface area contributed by atoms with Gasteiger partial charge in [0.2, 0.25) is 5.78 Å². The van der Waals surface area contributed by atoms with E-state index in [1.165, 1.54) is 7.11 Å². The number of hydrogen-bond acceptors (Lipinski definition) is 3. The van der Waals surface area contributed by atoms with Crippen LogP contribution in [0.2, 0.25) is 0 Å². The largest absolute Gasteiger partial charge is 0.463 e. The van der Waals surface area contributed by atoms with E-state index in [1.807, 2.05) is 12.2 Å². The number of carbonyl (C=O) groups excluding carboxylic acids is 2. The Morgan fingerprint density at radius 3 is 2.67 bits per heavy atom. The van der Waals surface area contributed by atoms with E-state index < -0.39 is 5.97 Å². The number of carbonyl (C=O) groups is 2. The van der Waals surface area contributed by atoms with Crippen LogP contribution in [0.25, 0.3) is 0 Å². The maximum Gasteiger partial charge on any atom is 0.374 e. The summed E-state index contributed by atoms with van der Waals surface area (Å²) in [6.07, 6.45) is 6.29. The van der Waals surface area contributed by atoms with Gasteiger partial charge in [-0.2, -0.15) is 0 Å². The molecule has 0 heterocycles. The van der Waals surface area contributed by atoms with E-state index >= 15 is 0 Å². The Hall–Kier alpha value is -1.12. The number of hydrogen-bond donors (Lipinski definition) is 0. The molecular formula is C9H12O3. The van der Waals surface area contributed by atoms with Gasteiger partial charge in [0.25, 0.3) is 0 Å². The fraction of sp³-hybridized carbons (Fsp3) is 0.556. The van der Waals surface area contributed by atoms with Crippen LogP contribution in [-0.2, 0) is 14.3 Å². The summed E-state index contributed by atoms with van der Waals surface area (Å²) in [6, 6.07) is 0. The summed E-state index contributed by atoms with van der Waals surface area (Å²) in [5.41, 5.74) is 0. The van der Waals surface area contributed by atoms with Gasteiger partial charge in [0.1, 0.15) is 0 Å². The third kappa shape index (κ3) is 1.94. The molecule has 66 valence electrons. The highest BCUT2D eigenvalue weighted by atomic mass is 16.5. The first-order valence-corrected chi connectivity index (χ1v) is 4.03. The molecule has 1 aliphatic rings. The Balaban J connectivity index is 2.52. The average Bonchev–Trinajstić information content (AvgIpc) is 2.17. The smallest absolute Gasteiger partial charge is 0.374 e. The number of ketones is 1. The molecule has 0 aromatic carbocycles. The lowest BCUT2D eigenvalue weighted by molar-refractivity contribution is -0.153. The first-order chi connectivity index (χ1) is 5.75. The summed E-state index contributed by atoms with van der Waals surface area (Å²) in [5, 5.41) is 0. The summed E-state index contributed by atoms with van der Waals surface area (Å²) in [5.74, 6) is -1.25.